The second kappa shape index (κ2) is 6.13. The van der Waals surface area contributed by atoms with Crippen LogP contribution in [0, 0.1) is 0 Å². The summed E-state index contributed by atoms with van der Waals surface area (Å²) in [6, 6.07) is 8.89. The second-order valence-electron chi connectivity index (χ2n) is 4.39. The van der Waals surface area contributed by atoms with Gasteiger partial charge in [0.25, 0.3) is 0 Å². The SMILES string of the molecule is O=CCCC(C=O)N1C(=O)CCN1c1ccccc1. The minimum atomic E-state index is -0.569. The molecule has 19 heavy (non-hydrogen) atoms. The van der Waals surface area contributed by atoms with Crippen LogP contribution in [0.15, 0.2) is 30.3 Å². The summed E-state index contributed by atoms with van der Waals surface area (Å²) in [6.07, 6.45) is 2.53. The van der Waals surface area contributed by atoms with Crippen LogP contribution in [-0.4, -0.2) is 36.1 Å². The molecule has 0 aromatic heterocycles. The number of benzene rings is 1. The van der Waals surface area contributed by atoms with E-state index in [4.69, 9.17) is 0 Å². The molecule has 1 atom stereocenters. The van der Waals surface area contributed by atoms with Crippen molar-refractivity contribution >= 4 is 24.2 Å². The Bertz CT molecular complexity index is 461. The lowest BCUT2D eigenvalue weighted by molar-refractivity contribution is -0.133. The molecule has 5 heteroatoms. The number of aldehydes is 2. The average Bonchev–Trinajstić information content (AvgIpc) is 2.83. The Labute approximate surface area is 111 Å². The Morgan fingerprint density at radius 3 is 2.58 bits per heavy atom. The van der Waals surface area contributed by atoms with Crippen molar-refractivity contribution in [2.24, 2.45) is 0 Å². The van der Waals surface area contributed by atoms with E-state index >= 15 is 0 Å². The van der Waals surface area contributed by atoms with Gasteiger partial charge in [0.15, 0.2) is 0 Å². The molecule has 100 valence electrons. The van der Waals surface area contributed by atoms with Gasteiger partial charge in [-0.2, -0.15) is 0 Å². The summed E-state index contributed by atoms with van der Waals surface area (Å²) < 4.78 is 0. The van der Waals surface area contributed by atoms with Crippen LogP contribution in [0.4, 0.5) is 5.69 Å². The van der Waals surface area contributed by atoms with Gasteiger partial charge in [-0.15, -0.1) is 0 Å². The molecule has 5 nitrogen and oxygen atoms in total. The number of anilines is 1. The number of nitrogens with zero attached hydrogens (tertiary/aromatic N) is 2. The fraction of sp³-hybridized carbons (Fsp3) is 0.357. The zero-order chi connectivity index (χ0) is 13.7. The highest BCUT2D eigenvalue weighted by Crippen LogP contribution is 2.24. The van der Waals surface area contributed by atoms with Crippen LogP contribution in [0.2, 0.25) is 0 Å². The van der Waals surface area contributed by atoms with Crippen molar-refractivity contribution in [3.8, 4) is 0 Å². The van der Waals surface area contributed by atoms with Gasteiger partial charge < -0.3 is 9.59 Å². The summed E-state index contributed by atoms with van der Waals surface area (Å²) in [5, 5.41) is 3.29. The van der Waals surface area contributed by atoms with Gasteiger partial charge in [-0.1, -0.05) is 18.2 Å². The molecule has 2 rings (SSSR count). The van der Waals surface area contributed by atoms with Crippen molar-refractivity contribution in [3.63, 3.8) is 0 Å². The number of para-hydroxylation sites is 1. The van der Waals surface area contributed by atoms with Crippen LogP contribution >= 0.6 is 0 Å². The smallest absolute Gasteiger partial charge is 0.243 e. The number of hydrazine groups is 1. The van der Waals surface area contributed by atoms with Gasteiger partial charge in [-0.05, 0) is 18.6 Å². The lowest BCUT2D eigenvalue weighted by atomic mass is 10.2. The van der Waals surface area contributed by atoms with Gasteiger partial charge in [-0.3, -0.25) is 9.80 Å². The summed E-state index contributed by atoms with van der Waals surface area (Å²) in [6.45, 7) is 0.564. The van der Waals surface area contributed by atoms with Gasteiger partial charge in [0.1, 0.15) is 18.6 Å². The quantitative estimate of drug-likeness (QED) is 0.721. The van der Waals surface area contributed by atoms with Crippen molar-refractivity contribution in [2.75, 3.05) is 11.6 Å². The van der Waals surface area contributed by atoms with Crippen molar-refractivity contribution in [2.45, 2.75) is 25.3 Å². The molecule has 0 aliphatic carbocycles. The maximum absolute atomic E-state index is 12.0. The number of hydrogen-bond donors (Lipinski definition) is 0. The second-order valence-corrected chi connectivity index (χ2v) is 4.39. The van der Waals surface area contributed by atoms with Crippen LogP contribution in [0.3, 0.4) is 0 Å². The standard InChI is InChI=1S/C14H16N2O3/c17-10-4-7-13(11-18)16-14(19)8-9-15(16)12-5-2-1-3-6-12/h1-3,5-6,10-11,13H,4,7-9H2. The fourth-order valence-corrected chi connectivity index (χ4v) is 2.26. The van der Waals surface area contributed by atoms with Crippen molar-refractivity contribution in [1.82, 2.24) is 5.01 Å². The number of carbonyl (C=O) groups is 3. The number of amides is 1. The third-order valence-electron chi connectivity index (χ3n) is 3.16. The Hall–Kier alpha value is -2.17. The van der Waals surface area contributed by atoms with E-state index in [-0.39, 0.29) is 12.3 Å². The molecule has 1 aromatic carbocycles. The molecular formula is C14H16N2O3. The van der Waals surface area contributed by atoms with Crippen molar-refractivity contribution < 1.29 is 14.4 Å². The lowest BCUT2D eigenvalue weighted by Gasteiger charge is -2.33. The topological polar surface area (TPSA) is 57.7 Å². The average molecular weight is 260 g/mol. The lowest BCUT2D eigenvalue weighted by Crippen LogP contribution is -2.47. The Kier molecular flexibility index (Phi) is 4.28. The first-order valence-electron chi connectivity index (χ1n) is 6.31. The zero-order valence-corrected chi connectivity index (χ0v) is 10.6. The highest BCUT2D eigenvalue weighted by Gasteiger charge is 2.34. The molecule has 0 N–H and O–H groups in total. The molecule has 1 aromatic rings. The third kappa shape index (κ3) is 2.81. The summed E-state index contributed by atoms with van der Waals surface area (Å²) >= 11 is 0. The molecule has 0 bridgehead atoms. The summed E-state index contributed by atoms with van der Waals surface area (Å²) in [7, 11) is 0. The minimum Gasteiger partial charge on any atom is -0.303 e. The van der Waals surface area contributed by atoms with E-state index in [0.29, 0.717) is 19.4 Å². The van der Waals surface area contributed by atoms with Crippen LogP contribution in [-0.2, 0) is 14.4 Å². The Balaban J connectivity index is 2.21. The molecule has 1 fully saturated rings. The molecule has 1 aliphatic heterocycles. The molecule has 0 spiro atoms. The van der Waals surface area contributed by atoms with Crippen molar-refractivity contribution in [3.05, 3.63) is 30.3 Å². The zero-order valence-electron chi connectivity index (χ0n) is 10.6. The highest BCUT2D eigenvalue weighted by atomic mass is 16.2. The molecule has 1 amide bonds. The first-order valence-corrected chi connectivity index (χ1v) is 6.31. The van der Waals surface area contributed by atoms with E-state index in [1.807, 2.05) is 35.3 Å². The summed E-state index contributed by atoms with van der Waals surface area (Å²) in [4.78, 5) is 33.6. The normalized spacial score (nSPS) is 16.5. The van der Waals surface area contributed by atoms with E-state index in [1.54, 1.807) is 0 Å². The third-order valence-corrected chi connectivity index (χ3v) is 3.16. The van der Waals surface area contributed by atoms with E-state index in [0.717, 1.165) is 18.3 Å². The first kappa shape index (κ1) is 13.3. The molecular weight excluding hydrogens is 244 g/mol. The summed E-state index contributed by atoms with van der Waals surface area (Å²) in [5.41, 5.74) is 0.881. The van der Waals surface area contributed by atoms with Gasteiger partial charge in [-0.25, -0.2) is 5.01 Å². The maximum atomic E-state index is 12.0. The van der Waals surface area contributed by atoms with Gasteiger partial charge >= 0.3 is 0 Å². The monoisotopic (exact) mass is 260 g/mol. The largest absolute Gasteiger partial charge is 0.303 e. The highest BCUT2D eigenvalue weighted by molar-refractivity contribution is 5.85. The number of hydrogen-bond acceptors (Lipinski definition) is 4. The molecule has 1 aliphatic rings. The van der Waals surface area contributed by atoms with E-state index in [1.165, 1.54) is 5.01 Å². The van der Waals surface area contributed by atoms with E-state index in [9.17, 15) is 14.4 Å². The van der Waals surface area contributed by atoms with Gasteiger partial charge in [0.05, 0.1) is 5.69 Å². The minimum absolute atomic E-state index is 0.0770. The number of rotatable bonds is 6. The van der Waals surface area contributed by atoms with Gasteiger partial charge in [0, 0.05) is 19.4 Å². The molecule has 0 radical (unpaired) electrons. The Morgan fingerprint density at radius 1 is 1.21 bits per heavy atom. The van der Waals surface area contributed by atoms with Crippen molar-refractivity contribution in [1.29, 1.82) is 0 Å². The van der Waals surface area contributed by atoms with E-state index in [2.05, 4.69) is 0 Å². The van der Waals surface area contributed by atoms with Crippen LogP contribution in [0.5, 0.6) is 0 Å². The molecule has 1 unspecified atom stereocenters. The fourth-order valence-electron chi connectivity index (χ4n) is 2.26. The number of carbonyl (C=O) groups excluding carboxylic acids is 3. The predicted molar refractivity (Wildman–Crippen MR) is 70.4 cm³/mol. The molecule has 1 saturated heterocycles. The molecule has 1 heterocycles. The summed E-state index contributed by atoms with van der Waals surface area (Å²) in [5.74, 6) is -0.0770. The Morgan fingerprint density at radius 2 is 1.95 bits per heavy atom. The van der Waals surface area contributed by atoms with Crippen LogP contribution in [0.25, 0.3) is 0 Å². The maximum Gasteiger partial charge on any atom is 0.243 e. The first-order chi connectivity index (χ1) is 9.27. The van der Waals surface area contributed by atoms with Gasteiger partial charge in [0.2, 0.25) is 5.91 Å². The van der Waals surface area contributed by atoms with Crippen LogP contribution in [0.1, 0.15) is 19.3 Å². The van der Waals surface area contributed by atoms with E-state index < -0.39 is 6.04 Å². The predicted octanol–water partition coefficient (Wildman–Crippen LogP) is 1.19. The molecule has 0 saturated carbocycles. The van der Waals surface area contributed by atoms with Crippen LogP contribution < -0.4 is 5.01 Å².